The van der Waals surface area contributed by atoms with Gasteiger partial charge >= 0.3 is 0 Å². The number of hydrogen-bond acceptors (Lipinski definition) is 4. The van der Waals surface area contributed by atoms with E-state index in [2.05, 4.69) is 110 Å². The minimum atomic E-state index is 0.0638. The van der Waals surface area contributed by atoms with Gasteiger partial charge in [-0.15, -0.1) is 0 Å². The average Bonchev–Trinajstić information content (AvgIpc) is 3.52. The zero-order valence-corrected chi connectivity index (χ0v) is 26.5. The number of nitrogens with zero attached hydrogens (tertiary/aromatic N) is 4. The van der Waals surface area contributed by atoms with Gasteiger partial charge in [-0.25, -0.2) is 0 Å². The molecule has 6 nitrogen and oxygen atoms in total. The second-order valence-electron chi connectivity index (χ2n) is 12.4. The van der Waals surface area contributed by atoms with E-state index >= 15 is 0 Å². The van der Waals surface area contributed by atoms with Crippen LogP contribution in [0.2, 0.25) is 0 Å². The summed E-state index contributed by atoms with van der Waals surface area (Å²) < 4.78 is 18.2. The number of benzene rings is 5. The average molecular weight is 601 g/mol. The third-order valence-corrected chi connectivity index (χ3v) is 9.88. The van der Waals surface area contributed by atoms with Gasteiger partial charge in [-0.1, -0.05) is 56.7 Å². The first-order chi connectivity index (χ1) is 22.4. The second kappa shape index (κ2) is 10.2. The number of fused-ring (bicyclic) bond motifs is 12. The highest BCUT2D eigenvalue weighted by Crippen LogP contribution is 2.43. The van der Waals surface area contributed by atoms with E-state index in [1.165, 1.54) is 0 Å². The molecular formula is C40H32N4O2. The fourth-order valence-electron chi connectivity index (χ4n) is 7.85. The van der Waals surface area contributed by atoms with Crippen LogP contribution in [0.15, 0.2) is 81.6 Å². The quantitative estimate of drug-likeness (QED) is 0.202. The molecule has 46 heavy (non-hydrogen) atoms. The summed E-state index contributed by atoms with van der Waals surface area (Å²) in [5.74, 6) is 0.0638. The Morgan fingerprint density at radius 2 is 1.15 bits per heavy atom. The van der Waals surface area contributed by atoms with Gasteiger partial charge in [0, 0.05) is 46.7 Å². The first kappa shape index (κ1) is 27.8. The first-order valence-corrected chi connectivity index (χ1v) is 15.8. The van der Waals surface area contributed by atoms with Gasteiger partial charge in [-0.2, -0.15) is 10.5 Å². The molecule has 0 bridgehead atoms. The lowest BCUT2D eigenvalue weighted by Gasteiger charge is -2.18. The number of hydrogen-bond donors (Lipinski definition) is 0. The Balaban J connectivity index is 1.75. The molecule has 0 saturated heterocycles. The van der Waals surface area contributed by atoms with Crippen molar-refractivity contribution < 1.29 is 8.83 Å². The fraction of sp³-hybridized carbons (Fsp3) is 0.200. The number of rotatable bonds is 3. The first-order valence-electron chi connectivity index (χ1n) is 15.8. The molecule has 0 aliphatic carbocycles. The summed E-state index contributed by atoms with van der Waals surface area (Å²) >= 11 is 0. The van der Waals surface area contributed by atoms with Crippen molar-refractivity contribution in [2.45, 2.75) is 39.5 Å². The molecule has 8 rings (SSSR count). The van der Waals surface area contributed by atoms with E-state index in [1.54, 1.807) is 0 Å². The van der Waals surface area contributed by atoms with Gasteiger partial charge in [-0.05, 0) is 66.8 Å². The maximum absolute atomic E-state index is 10.7. The summed E-state index contributed by atoms with van der Waals surface area (Å²) in [6, 6.07) is 29.9. The minimum absolute atomic E-state index is 0.0638. The second-order valence-corrected chi connectivity index (χ2v) is 12.4. The summed E-state index contributed by atoms with van der Waals surface area (Å²) in [5, 5.41) is 27.5. The molecule has 1 atom stereocenters. The Hall–Kier alpha value is -5.72. The molecule has 0 aliphatic rings. The number of aryl methyl sites for hydroxylation is 2. The van der Waals surface area contributed by atoms with Gasteiger partial charge in [0.05, 0.1) is 21.8 Å². The number of para-hydroxylation sites is 2. The van der Waals surface area contributed by atoms with E-state index < -0.39 is 0 Å². The maximum Gasteiger partial charge on any atom is 0.189 e. The van der Waals surface area contributed by atoms with E-state index in [4.69, 9.17) is 8.83 Å². The summed E-state index contributed by atoms with van der Waals surface area (Å²) in [6.45, 7) is 6.17. The van der Waals surface area contributed by atoms with Crippen LogP contribution in [0, 0.1) is 29.6 Å². The molecule has 6 heteroatoms. The van der Waals surface area contributed by atoms with E-state index in [0.29, 0.717) is 27.9 Å². The highest BCUT2D eigenvalue weighted by atomic mass is 16.4. The highest BCUT2D eigenvalue weighted by molar-refractivity contribution is 6.29. The molecular weight excluding hydrogens is 568 g/mol. The molecule has 224 valence electrons. The predicted molar refractivity (Wildman–Crippen MR) is 187 cm³/mol. The van der Waals surface area contributed by atoms with Crippen LogP contribution >= 0.6 is 0 Å². The van der Waals surface area contributed by atoms with Crippen molar-refractivity contribution in [3.8, 4) is 12.1 Å². The molecule has 0 saturated carbocycles. The molecule has 0 N–H and O–H groups in total. The lowest BCUT2D eigenvalue weighted by Crippen LogP contribution is -2.04. The molecule has 8 aromatic rings. The molecule has 3 aromatic heterocycles. The van der Waals surface area contributed by atoms with Crippen molar-refractivity contribution in [1.29, 1.82) is 10.5 Å². The Morgan fingerprint density at radius 1 is 0.674 bits per heavy atom. The van der Waals surface area contributed by atoms with Gasteiger partial charge in [0.1, 0.15) is 34.4 Å². The summed E-state index contributed by atoms with van der Waals surface area (Å²) in [5.41, 5.74) is 8.45. The van der Waals surface area contributed by atoms with Gasteiger partial charge in [0.15, 0.2) is 11.2 Å². The SMILES string of the molecule is CCCC(C)c1c(C)c(C#N)c2oc3ccc4c5ccccc5n(C)c4c3c3c(ccc4c5ccccc5n(C)c43)oc2c1C#N. The van der Waals surface area contributed by atoms with Crippen molar-refractivity contribution in [3.05, 3.63) is 95.1 Å². The zero-order chi connectivity index (χ0) is 31.9. The van der Waals surface area contributed by atoms with Crippen LogP contribution in [-0.4, -0.2) is 9.13 Å². The van der Waals surface area contributed by atoms with Crippen molar-refractivity contribution in [2.75, 3.05) is 0 Å². The Morgan fingerprint density at radius 3 is 1.63 bits per heavy atom. The zero-order valence-electron chi connectivity index (χ0n) is 26.5. The lowest BCUT2D eigenvalue weighted by atomic mass is 9.86. The molecule has 1 unspecified atom stereocenters. The van der Waals surface area contributed by atoms with Crippen molar-refractivity contribution >= 4 is 76.7 Å². The van der Waals surface area contributed by atoms with Crippen LogP contribution in [0.3, 0.4) is 0 Å². The molecule has 5 aromatic carbocycles. The van der Waals surface area contributed by atoms with Gasteiger partial charge in [-0.3, -0.25) is 0 Å². The third kappa shape index (κ3) is 3.62. The van der Waals surface area contributed by atoms with Gasteiger partial charge in [0.25, 0.3) is 0 Å². The molecule has 0 fully saturated rings. The fourth-order valence-corrected chi connectivity index (χ4v) is 7.85. The van der Waals surface area contributed by atoms with Gasteiger partial charge in [0.2, 0.25) is 0 Å². The lowest BCUT2D eigenvalue weighted by molar-refractivity contribution is 0.610. The highest BCUT2D eigenvalue weighted by Gasteiger charge is 2.26. The van der Waals surface area contributed by atoms with Crippen LogP contribution in [0.5, 0.6) is 0 Å². The molecule has 0 spiro atoms. The largest absolute Gasteiger partial charge is 0.451 e. The van der Waals surface area contributed by atoms with Crippen LogP contribution < -0.4 is 0 Å². The maximum atomic E-state index is 10.7. The molecule has 0 aliphatic heterocycles. The Bertz CT molecular complexity index is 2730. The summed E-state index contributed by atoms with van der Waals surface area (Å²) in [6.07, 6.45) is 1.84. The Labute approximate surface area is 265 Å². The van der Waals surface area contributed by atoms with E-state index in [1.807, 2.05) is 19.1 Å². The molecule has 3 heterocycles. The molecule has 0 amide bonds. The smallest absolute Gasteiger partial charge is 0.189 e. The van der Waals surface area contributed by atoms with Crippen molar-refractivity contribution in [3.63, 3.8) is 0 Å². The van der Waals surface area contributed by atoms with Crippen LogP contribution in [0.25, 0.3) is 76.7 Å². The third-order valence-electron chi connectivity index (χ3n) is 9.88. The van der Waals surface area contributed by atoms with Crippen molar-refractivity contribution in [1.82, 2.24) is 9.13 Å². The topological polar surface area (TPSA) is 83.7 Å². The monoisotopic (exact) mass is 600 g/mol. The van der Waals surface area contributed by atoms with Crippen LogP contribution in [0.4, 0.5) is 0 Å². The van der Waals surface area contributed by atoms with E-state index in [9.17, 15) is 10.5 Å². The predicted octanol–water partition coefficient (Wildman–Crippen LogP) is 10.7. The van der Waals surface area contributed by atoms with E-state index in [-0.39, 0.29) is 11.5 Å². The number of nitriles is 2. The minimum Gasteiger partial charge on any atom is -0.451 e. The van der Waals surface area contributed by atoms with Crippen LogP contribution in [-0.2, 0) is 14.1 Å². The summed E-state index contributed by atoms with van der Waals surface area (Å²) in [7, 11) is 4.17. The standard InChI is InChI=1S/C40H32N4O2/c1-6-11-22(2)34-23(3)28(20-41)39-40(29(34)21-42)46-33-19-17-27-25-13-8-10-15-31(25)44(5)38(27)36(33)35-32(45-39)18-16-26-24-12-7-9-14-30(24)43(4)37(26)35/h7-10,12-19,22H,6,11H2,1-5H3. The van der Waals surface area contributed by atoms with Crippen LogP contribution in [0.1, 0.15) is 54.9 Å². The Kier molecular flexibility index (Phi) is 6.14. The van der Waals surface area contributed by atoms with Gasteiger partial charge < -0.3 is 18.0 Å². The summed E-state index contributed by atoms with van der Waals surface area (Å²) in [4.78, 5) is 0. The van der Waals surface area contributed by atoms with E-state index in [0.717, 1.165) is 78.4 Å². The van der Waals surface area contributed by atoms with Crippen molar-refractivity contribution in [2.24, 2.45) is 14.1 Å². The normalized spacial score (nSPS) is 12.5. The molecule has 0 radical (unpaired) electrons. The number of aromatic nitrogens is 2.